The molecule has 1 saturated heterocycles. The first kappa shape index (κ1) is 6.36. The third-order valence-electron chi connectivity index (χ3n) is 1.66. The van der Waals surface area contributed by atoms with Crippen molar-refractivity contribution in [2.45, 2.75) is 6.04 Å². The highest BCUT2D eigenvalue weighted by molar-refractivity contribution is 6.02. The maximum absolute atomic E-state index is 11.0. The predicted octanol–water partition coefficient (Wildman–Crippen LogP) is -0.652. The van der Waals surface area contributed by atoms with Crippen LogP contribution in [-0.2, 0) is 4.79 Å². The second-order valence-electron chi connectivity index (χ2n) is 2.41. The Morgan fingerprint density at radius 2 is 2.64 bits per heavy atom. The lowest BCUT2D eigenvalue weighted by Crippen LogP contribution is -2.61. The lowest BCUT2D eigenvalue weighted by molar-refractivity contribution is -0.123. The molecular weight excluding hydrogens is 146 g/mol. The average Bonchev–Trinajstić information content (AvgIpc) is 2.51. The van der Waals surface area contributed by atoms with Gasteiger partial charge in [0.15, 0.2) is 5.82 Å². The van der Waals surface area contributed by atoms with E-state index in [4.69, 9.17) is 5.73 Å². The van der Waals surface area contributed by atoms with Crippen LogP contribution in [0.3, 0.4) is 0 Å². The van der Waals surface area contributed by atoms with E-state index < -0.39 is 0 Å². The van der Waals surface area contributed by atoms with E-state index in [1.807, 2.05) is 0 Å². The van der Waals surface area contributed by atoms with Gasteiger partial charge in [0.25, 0.3) is 0 Å². The van der Waals surface area contributed by atoms with Gasteiger partial charge in [-0.25, -0.2) is 0 Å². The quantitative estimate of drug-likeness (QED) is 0.544. The smallest absolute Gasteiger partial charge is 0.247 e. The molecule has 2 rings (SSSR count). The summed E-state index contributed by atoms with van der Waals surface area (Å²) in [5, 5.41) is 3.60. The third kappa shape index (κ3) is 0.813. The Balaban J connectivity index is 2.16. The second kappa shape index (κ2) is 2.06. The molecule has 1 aromatic rings. The van der Waals surface area contributed by atoms with Gasteiger partial charge in [0, 0.05) is 6.07 Å². The molecule has 0 bridgehead atoms. The molecule has 1 fully saturated rings. The van der Waals surface area contributed by atoms with E-state index in [1.165, 1.54) is 11.2 Å². The van der Waals surface area contributed by atoms with Crippen molar-refractivity contribution < 1.29 is 9.32 Å². The molecule has 5 nitrogen and oxygen atoms in total. The fourth-order valence-corrected chi connectivity index (χ4v) is 1.00. The largest absolute Gasteiger partial charge is 0.363 e. The van der Waals surface area contributed by atoms with Crippen LogP contribution in [0.25, 0.3) is 0 Å². The first-order chi connectivity index (χ1) is 5.29. The highest BCUT2D eigenvalue weighted by Gasteiger charge is 2.35. The van der Waals surface area contributed by atoms with E-state index in [9.17, 15) is 4.79 Å². The highest BCUT2D eigenvalue weighted by Crippen LogP contribution is 2.17. The number of nitrogens with two attached hydrogens (primary N) is 1. The summed E-state index contributed by atoms with van der Waals surface area (Å²) in [4.78, 5) is 12.5. The zero-order chi connectivity index (χ0) is 7.84. The zero-order valence-electron chi connectivity index (χ0n) is 5.73. The van der Waals surface area contributed by atoms with E-state index in [0.29, 0.717) is 12.4 Å². The molecule has 5 heteroatoms. The Kier molecular flexibility index (Phi) is 1.19. The van der Waals surface area contributed by atoms with E-state index in [1.54, 1.807) is 6.07 Å². The maximum atomic E-state index is 11.0. The van der Waals surface area contributed by atoms with Crippen LogP contribution < -0.4 is 10.6 Å². The fraction of sp³-hybridized carbons (Fsp3) is 0.333. The van der Waals surface area contributed by atoms with Crippen molar-refractivity contribution in [1.29, 1.82) is 0 Å². The topological polar surface area (TPSA) is 72.4 Å². The van der Waals surface area contributed by atoms with Gasteiger partial charge in [0.1, 0.15) is 12.3 Å². The van der Waals surface area contributed by atoms with Crippen molar-refractivity contribution in [3.05, 3.63) is 12.3 Å². The number of carbonyl (C=O) groups is 1. The highest BCUT2D eigenvalue weighted by atomic mass is 16.5. The first-order valence-corrected chi connectivity index (χ1v) is 3.26. The van der Waals surface area contributed by atoms with Crippen LogP contribution in [0.15, 0.2) is 16.9 Å². The van der Waals surface area contributed by atoms with Gasteiger partial charge in [-0.05, 0) is 0 Å². The Labute approximate surface area is 62.7 Å². The van der Waals surface area contributed by atoms with Crippen molar-refractivity contribution >= 4 is 11.7 Å². The lowest BCUT2D eigenvalue weighted by atomic mass is 10.1. The van der Waals surface area contributed by atoms with E-state index in [-0.39, 0.29) is 11.9 Å². The second-order valence-corrected chi connectivity index (χ2v) is 2.41. The number of amides is 1. The Bertz CT molecular complexity index is 269. The van der Waals surface area contributed by atoms with Gasteiger partial charge in [-0.3, -0.25) is 9.69 Å². The fourth-order valence-electron chi connectivity index (χ4n) is 1.00. The maximum Gasteiger partial charge on any atom is 0.247 e. The van der Waals surface area contributed by atoms with E-state index in [0.717, 1.165) is 0 Å². The summed E-state index contributed by atoms with van der Waals surface area (Å²) in [6.07, 6.45) is 1.42. The number of carbonyl (C=O) groups excluding carboxylic acids is 1. The summed E-state index contributed by atoms with van der Waals surface area (Å²) in [5.41, 5.74) is 5.37. The summed E-state index contributed by atoms with van der Waals surface area (Å²) >= 11 is 0. The van der Waals surface area contributed by atoms with Gasteiger partial charge in [-0.1, -0.05) is 5.16 Å². The van der Waals surface area contributed by atoms with Gasteiger partial charge in [-0.15, -0.1) is 0 Å². The lowest BCUT2D eigenvalue weighted by Gasteiger charge is -2.33. The van der Waals surface area contributed by atoms with Crippen molar-refractivity contribution in [1.82, 2.24) is 5.16 Å². The number of aromatic nitrogens is 1. The molecule has 0 spiro atoms. The molecular formula is C6H7N3O2. The summed E-state index contributed by atoms with van der Waals surface area (Å²) in [5.74, 6) is 0.440. The van der Waals surface area contributed by atoms with Crippen LogP contribution >= 0.6 is 0 Å². The molecule has 1 aromatic heterocycles. The molecule has 0 unspecified atom stereocenters. The minimum absolute atomic E-state index is 0.0982. The molecule has 0 aliphatic carbocycles. The number of anilines is 1. The average molecular weight is 153 g/mol. The van der Waals surface area contributed by atoms with Crippen LogP contribution in [0, 0.1) is 0 Å². The summed E-state index contributed by atoms with van der Waals surface area (Å²) in [6.45, 7) is 0.533. The van der Waals surface area contributed by atoms with Crippen LogP contribution in [0.5, 0.6) is 0 Å². The number of β-lactam (4-membered cyclic amide) rings is 1. The van der Waals surface area contributed by atoms with Gasteiger partial charge in [-0.2, -0.15) is 0 Å². The minimum Gasteiger partial charge on any atom is -0.363 e. The van der Waals surface area contributed by atoms with Gasteiger partial charge in [0.05, 0.1) is 6.54 Å². The first-order valence-electron chi connectivity index (χ1n) is 3.26. The van der Waals surface area contributed by atoms with Gasteiger partial charge in [0.2, 0.25) is 5.91 Å². The van der Waals surface area contributed by atoms with Crippen molar-refractivity contribution in [2.24, 2.45) is 5.73 Å². The number of hydrogen-bond acceptors (Lipinski definition) is 4. The zero-order valence-corrected chi connectivity index (χ0v) is 5.73. The summed E-state index contributed by atoms with van der Waals surface area (Å²) < 4.78 is 4.57. The molecule has 1 amide bonds. The summed E-state index contributed by atoms with van der Waals surface area (Å²) in [6, 6.07) is 1.27. The van der Waals surface area contributed by atoms with E-state index >= 15 is 0 Å². The molecule has 11 heavy (non-hydrogen) atoms. The number of rotatable bonds is 1. The van der Waals surface area contributed by atoms with Crippen LogP contribution in [0.1, 0.15) is 0 Å². The summed E-state index contributed by atoms with van der Waals surface area (Å²) in [7, 11) is 0. The molecule has 58 valence electrons. The number of hydrogen-bond donors (Lipinski definition) is 1. The third-order valence-corrected chi connectivity index (χ3v) is 1.66. The standard InChI is InChI=1S/C6H7N3O2/c7-4-3-9(6(4)10)5-1-2-11-8-5/h1-2,4H,3,7H2/t4-/m1/s1. The van der Waals surface area contributed by atoms with Gasteiger partial charge < -0.3 is 10.3 Å². The van der Waals surface area contributed by atoms with Crippen LogP contribution in [0.2, 0.25) is 0 Å². The molecule has 1 atom stereocenters. The molecule has 2 N–H and O–H groups in total. The number of nitrogens with zero attached hydrogens (tertiary/aromatic N) is 2. The van der Waals surface area contributed by atoms with Crippen molar-refractivity contribution in [3.8, 4) is 0 Å². The predicted molar refractivity (Wildman–Crippen MR) is 36.8 cm³/mol. The molecule has 1 aliphatic heterocycles. The normalized spacial score (nSPS) is 23.5. The monoisotopic (exact) mass is 153 g/mol. The molecule has 0 radical (unpaired) electrons. The van der Waals surface area contributed by atoms with Gasteiger partial charge >= 0.3 is 0 Å². The SMILES string of the molecule is N[C@@H]1CN(c2ccon2)C1=O. The van der Waals surface area contributed by atoms with Crippen molar-refractivity contribution in [3.63, 3.8) is 0 Å². The Morgan fingerprint density at radius 3 is 3.09 bits per heavy atom. The molecule has 0 aromatic carbocycles. The molecule has 0 saturated carbocycles. The van der Waals surface area contributed by atoms with Crippen LogP contribution in [0.4, 0.5) is 5.82 Å². The minimum atomic E-state index is -0.355. The van der Waals surface area contributed by atoms with E-state index in [2.05, 4.69) is 9.68 Å². The Hall–Kier alpha value is -1.36. The molecule has 1 aliphatic rings. The van der Waals surface area contributed by atoms with Crippen molar-refractivity contribution in [2.75, 3.05) is 11.4 Å². The Morgan fingerprint density at radius 1 is 1.82 bits per heavy atom. The van der Waals surface area contributed by atoms with Crippen LogP contribution in [-0.4, -0.2) is 23.7 Å². The molecule has 2 heterocycles.